The van der Waals surface area contributed by atoms with E-state index in [-0.39, 0.29) is 18.1 Å². The van der Waals surface area contributed by atoms with Crippen molar-refractivity contribution < 1.29 is 14.7 Å². The number of benzene rings is 1. The fourth-order valence-corrected chi connectivity index (χ4v) is 3.81. The van der Waals surface area contributed by atoms with Gasteiger partial charge in [0.05, 0.1) is 5.75 Å². The zero-order chi connectivity index (χ0) is 17.8. The molecule has 0 aliphatic carbocycles. The molecule has 0 saturated heterocycles. The first-order valence-corrected chi connectivity index (χ1v) is 9.12. The number of hydrogen-bond acceptors (Lipinski definition) is 7. The van der Waals surface area contributed by atoms with Crippen LogP contribution in [0.4, 0.5) is 5.13 Å². The van der Waals surface area contributed by atoms with Crippen LogP contribution >= 0.6 is 23.1 Å². The Morgan fingerprint density at radius 3 is 2.88 bits per heavy atom. The average molecular weight is 377 g/mol. The van der Waals surface area contributed by atoms with Gasteiger partial charge in [-0.15, -0.1) is 10.2 Å². The van der Waals surface area contributed by atoms with E-state index in [1.807, 2.05) is 24.3 Å². The first-order chi connectivity index (χ1) is 12.0. The summed E-state index contributed by atoms with van der Waals surface area (Å²) in [6, 6.07) is 6.61. The van der Waals surface area contributed by atoms with Crippen LogP contribution in [0.1, 0.15) is 5.56 Å². The van der Waals surface area contributed by atoms with Gasteiger partial charge in [0.2, 0.25) is 11.0 Å². The molecule has 1 unspecified atom stereocenters. The van der Waals surface area contributed by atoms with Gasteiger partial charge in [-0.2, -0.15) is 0 Å². The molecule has 1 amide bonds. The maximum atomic E-state index is 12.1. The second-order valence-electron chi connectivity index (χ2n) is 5.22. The van der Waals surface area contributed by atoms with Crippen molar-refractivity contribution in [3.8, 4) is 0 Å². The third-order valence-electron chi connectivity index (χ3n) is 3.48. The van der Waals surface area contributed by atoms with Crippen LogP contribution in [0, 0.1) is 0 Å². The van der Waals surface area contributed by atoms with Crippen molar-refractivity contribution in [2.45, 2.75) is 16.8 Å². The molecule has 0 aliphatic heterocycles. The van der Waals surface area contributed by atoms with Gasteiger partial charge in [-0.1, -0.05) is 41.3 Å². The molecule has 2 heterocycles. The number of H-pyrrole nitrogens is 1. The summed E-state index contributed by atoms with van der Waals surface area (Å²) in [5, 5.41) is 20.7. The minimum atomic E-state index is -1.08. The quantitative estimate of drug-likeness (QED) is 0.458. The Hall–Kier alpha value is -2.59. The highest BCUT2D eigenvalue weighted by molar-refractivity contribution is 8.01. The minimum absolute atomic E-state index is 0.0479. The number of nitrogens with two attached hydrogens (primary N) is 1. The summed E-state index contributed by atoms with van der Waals surface area (Å²) >= 11 is 2.35. The molecule has 0 aliphatic rings. The topological polar surface area (TPSA) is 134 Å². The molecule has 0 saturated carbocycles. The number of carbonyl (C=O) groups excluding carboxylic acids is 1. The molecule has 5 N–H and O–H groups in total. The fourth-order valence-electron chi connectivity index (χ4n) is 2.36. The summed E-state index contributed by atoms with van der Waals surface area (Å²) in [6.45, 7) is 0. The van der Waals surface area contributed by atoms with Crippen LogP contribution in [-0.2, 0) is 16.0 Å². The van der Waals surface area contributed by atoms with Gasteiger partial charge < -0.3 is 21.1 Å². The van der Waals surface area contributed by atoms with Crippen LogP contribution in [-0.4, -0.2) is 44.0 Å². The van der Waals surface area contributed by atoms with Crippen molar-refractivity contribution >= 4 is 51.0 Å². The molecule has 0 fully saturated rings. The number of aromatic nitrogens is 3. The van der Waals surface area contributed by atoms with E-state index >= 15 is 0 Å². The van der Waals surface area contributed by atoms with Gasteiger partial charge in [-0.05, 0) is 11.6 Å². The number of carboxylic acids is 1. The van der Waals surface area contributed by atoms with Crippen LogP contribution in [0.15, 0.2) is 34.8 Å². The Balaban J connectivity index is 1.63. The van der Waals surface area contributed by atoms with Gasteiger partial charge in [0.1, 0.15) is 6.04 Å². The average Bonchev–Trinajstić information content (AvgIpc) is 3.19. The molecule has 3 rings (SSSR count). The largest absolute Gasteiger partial charge is 0.480 e. The number of para-hydroxylation sites is 1. The number of nitrogens with one attached hydrogen (secondary N) is 2. The first-order valence-electron chi connectivity index (χ1n) is 7.32. The van der Waals surface area contributed by atoms with E-state index in [0.29, 0.717) is 9.47 Å². The smallest absolute Gasteiger partial charge is 0.326 e. The number of fused-ring (bicyclic) bond motifs is 1. The normalized spacial score (nSPS) is 12.2. The van der Waals surface area contributed by atoms with Gasteiger partial charge in [-0.3, -0.25) is 4.79 Å². The maximum Gasteiger partial charge on any atom is 0.326 e. The second kappa shape index (κ2) is 7.53. The van der Waals surface area contributed by atoms with Crippen LogP contribution in [0.25, 0.3) is 10.9 Å². The molecule has 0 radical (unpaired) electrons. The van der Waals surface area contributed by atoms with Gasteiger partial charge in [0.25, 0.3) is 0 Å². The van der Waals surface area contributed by atoms with Crippen molar-refractivity contribution in [1.29, 1.82) is 0 Å². The number of amides is 1. The number of thioether (sulfide) groups is 1. The third-order valence-corrected chi connectivity index (χ3v) is 5.37. The number of nitrogens with zero attached hydrogens (tertiary/aromatic N) is 2. The third kappa shape index (κ3) is 4.28. The summed E-state index contributed by atoms with van der Waals surface area (Å²) in [5.41, 5.74) is 7.25. The molecule has 130 valence electrons. The number of hydrogen-bond donors (Lipinski definition) is 4. The standard InChI is InChI=1S/C15H15N5O3S2/c16-14-19-20-15(25-14)24-7-12(21)18-11(13(22)23)5-8-6-17-10-4-2-1-3-9(8)10/h1-4,6,11,17H,5,7H2,(H2,16,19)(H,18,21)(H,22,23). The van der Waals surface area contributed by atoms with Crippen molar-refractivity contribution in [3.63, 3.8) is 0 Å². The van der Waals surface area contributed by atoms with Crippen molar-refractivity contribution in [2.75, 3.05) is 11.5 Å². The number of carbonyl (C=O) groups is 2. The van der Waals surface area contributed by atoms with Crippen LogP contribution < -0.4 is 11.1 Å². The van der Waals surface area contributed by atoms with Crippen molar-refractivity contribution in [2.24, 2.45) is 0 Å². The molecular formula is C15H15N5O3S2. The SMILES string of the molecule is Nc1nnc(SCC(=O)NC(Cc2c[nH]c3ccccc23)C(=O)O)s1. The molecule has 8 nitrogen and oxygen atoms in total. The van der Waals surface area contributed by atoms with Crippen LogP contribution in [0.2, 0.25) is 0 Å². The van der Waals surface area contributed by atoms with Crippen molar-refractivity contribution in [1.82, 2.24) is 20.5 Å². The van der Waals surface area contributed by atoms with Gasteiger partial charge >= 0.3 is 5.97 Å². The van der Waals surface area contributed by atoms with Gasteiger partial charge in [0.15, 0.2) is 4.34 Å². The predicted octanol–water partition coefficient (Wildman–Crippen LogP) is 1.51. The predicted molar refractivity (Wildman–Crippen MR) is 96.6 cm³/mol. The summed E-state index contributed by atoms with van der Waals surface area (Å²) in [5.74, 6) is -1.42. The number of anilines is 1. The monoisotopic (exact) mass is 377 g/mol. The van der Waals surface area contributed by atoms with E-state index in [9.17, 15) is 14.7 Å². The van der Waals surface area contributed by atoms with Gasteiger partial charge in [0, 0.05) is 23.5 Å². The van der Waals surface area contributed by atoms with Crippen molar-refractivity contribution in [3.05, 3.63) is 36.0 Å². The van der Waals surface area contributed by atoms with E-state index in [0.717, 1.165) is 16.5 Å². The summed E-state index contributed by atoms with van der Waals surface area (Å²) < 4.78 is 0.566. The number of aliphatic carboxylic acids is 1. The minimum Gasteiger partial charge on any atom is -0.480 e. The maximum absolute atomic E-state index is 12.1. The Morgan fingerprint density at radius 1 is 1.36 bits per heavy atom. The molecule has 1 atom stereocenters. The summed E-state index contributed by atoms with van der Waals surface area (Å²) in [6.07, 6.45) is 1.97. The Labute approximate surface area is 150 Å². The Bertz CT molecular complexity index is 907. The molecule has 0 spiro atoms. The number of rotatable bonds is 7. The van der Waals surface area contributed by atoms with E-state index in [1.54, 1.807) is 6.20 Å². The molecule has 0 bridgehead atoms. The number of carboxylic acid groups (broad SMARTS) is 1. The summed E-state index contributed by atoms with van der Waals surface area (Å²) in [4.78, 5) is 26.7. The Kier molecular flexibility index (Phi) is 5.19. The number of nitrogen functional groups attached to an aromatic ring is 1. The van der Waals surface area contributed by atoms with E-state index in [2.05, 4.69) is 20.5 Å². The highest BCUT2D eigenvalue weighted by Crippen LogP contribution is 2.23. The molecular weight excluding hydrogens is 362 g/mol. The van der Waals surface area contributed by atoms with Gasteiger partial charge in [-0.25, -0.2) is 4.79 Å². The molecule has 25 heavy (non-hydrogen) atoms. The highest BCUT2D eigenvalue weighted by Gasteiger charge is 2.22. The zero-order valence-corrected chi connectivity index (χ0v) is 14.6. The molecule has 1 aromatic carbocycles. The van der Waals surface area contributed by atoms with E-state index in [1.165, 1.54) is 23.1 Å². The lowest BCUT2D eigenvalue weighted by molar-refractivity contribution is -0.141. The van der Waals surface area contributed by atoms with Crippen LogP contribution in [0.3, 0.4) is 0 Å². The highest BCUT2D eigenvalue weighted by atomic mass is 32.2. The summed E-state index contributed by atoms with van der Waals surface area (Å²) in [7, 11) is 0. The fraction of sp³-hybridized carbons (Fsp3) is 0.200. The zero-order valence-electron chi connectivity index (χ0n) is 12.9. The molecule has 3 aromatic rings. The lowest BCUT2D eigenvalue weighted by Crippen LogP contribution is -2.43. The lowest BCUT2D eigenvalue weighted by atomic mass is 10.1. The molecule has 2 aromatic heterocycles. The lowest BCUT2D eigenvalue weighted by Gasteiger charge is -2.13. The van der Waals surface area contributed by atoms with E-state index in [4.69, 9.17) is 5.73 Å². The number of aromatic amines is 1. The second-order valence-corrected chi connectivity index (χ2v) is 7.45. The van der Waals surface area contributed by atoms with E-state index < -0.39 is 12.0 Å². The first kappa shape index (κ1) is 17.2. The Morgan fingerprint density at radius 2 is 2.16 bits per heavy atom. The van der Waals surface area contributed by atoms with Crippen LogP contribution in [0.5, 0.6) is 0 Å². The molecule has 10 heteroatoms.